The molecule has 1 aromatic rings. The highest BCUT2D eigenvalue weighted by Crippen LogP contribution is 2.07. The zero-order valence-electron chi connectivity index (χ0n) is 12.6. The van der Waals surface area contributed by atoms with Gasteiger partial charge in [-0.05, 0) is 34.0 Å². The second kappa shape index (κ2) is 8.48. The minimum absolute atomic E-state index is 0.0217. The van der Waals surface area contributed by atoms with Crippen molar-refractivity contribution in [2.45, 2.75) is 26.2 Å². The molecule has 0 saturated heterocycles. The largest absolute Gasteiger partial charge is 0.356 e. The zero-order valence-corrected chi connectivity index (χ0v) is 12.6. The molecule has 4 heteroatoms. The van der Waals surface area contributed by atoms with Crippen LogP contribution in [-0.2, 0) is 4.79 Å². The van der Waals surface area contributed by atoms with Crippen molar-refractivity contribution in [2.24, 2.45) is 0 Å². The highest BCUT2D eigenvalue weighted by molar-refractivity contribution is 5.97. The van der Waals surface area contributed by atoms with Crippen molar-refractivity contribution >= 4 is 11.7 Å². The van der Waals surface area contributed by atoms with Crippen LogP contribution in [0.3, 0.4) is 0 Å². The molecule has 0 radical (unpaired) electrons. The molecule has 0 unspecified atom stereocenters. The van der Waals surface area contributed by atoms with Crippen molar-refractivity contribution in [3.8, 4) is 0 Å². The summed E-state index contributed by atoms with van der Waals surface area (Å²) >= 11 is 0. The summed E-state index contributed by atoms with van der Waals surface area (Å²) in [5.41, 5.74) is 1.80. The maximum absolute atomic E-state index is 11.9. The van der Waals surface area contributed by atoms with Crippen LogP contribution in [0.15, 0.2) is 24.3 Å². The maximum Gasteiger partial charge on any atom is 0.220 e. The van der Waals surface area contributed by atoms with E-state index < -0.39 is 0 Å². The van der Waals surface area contributed by atoms with E-state index in [9.17, 15) is 9.59 Å². The number of nitrogens with one attached hydrogen (secondary N) is 1. The number of carbonyl (C=O) groups is 2. The summed E-state index contributed by atoms with van der Waals surface area (Å²) in [6.45, 7) is 3.59. The average molecular weight is 276 g/mol. The van der Waals surface area contributed by atoms with E-state index in [1.165, 1.54) is 0 Å². The number of amides is 1. The van der Waals surface area contributed by atoms with Crippen molar-refractivity contribution < 1.29 is 9.59 Å². The van der Waals surface area contributed by atoms with Crippen molar-refractivity contribution in [3.63, 3.8) is 0 Å². The smallest absolute Gasteiger partial charge is 0.220 e. The van der Waals surface area contributed by atoms with Crippen LogP contribution in [0.2, 0.25) is 0 Å². The van der Waals surface area contributed by atoms with Gasteiger partial charge in [-0.2, -0.15) is 0 Å². The third-order valence-corrected chi connectivity index (χ3v) is 3.06. The lowest BCUT2D eigenvalue weighted by atomic mass is 10.1. The molecule has 0 atom stereocenters. The van der Waals surface area contributed by atoms with Crippen molar-refractivity contribution in [1.82, 2.24) is 10.2 Å². The van der Waals surface area contributed by atoms with E-state index in [4.69, 9.17) is 0 Å². The third kappa shape index (κ3) is 6.48. The normalized spacial score (nSPS) is 10.6. The van der Waals surface area contributed by atoms with Crippen molar-refractivity contribution in [2.75, 3.05) is 27.2 Å². The molecule has 0 spiro atoms. The molecule has 0 heterocycles. The molecule has 0 aliphatic heterocycles. The van der Waals surface area contributed by atoms with Gasteiger partial charge in [0.25, 0.3) is 0 Å². The summed E-state index contributed by atoms with van der Waals surface area (Å²) in [6.07, 6.45) is 1.45. The van der Waals surface area contributed by atoms with E-state index in [1.807, 2.05) is 45.3 Å². The van der Waals surface area contributed by atoms with E-state index in [0.29, 0.717) is 12.1 Å². The molecule has 0 aliphatic carbocycles. The molecule has 20 heavy (non-hydrogen) atoms. The summed E-state index contributed by atoms with van der Waals surface area (Å²) in [5, 5.41) is 2.84. The summed E-state index contributed by atoms with van der Waals surface area (Å²) in [5.74, 6) is -0.0299. The van der Waals surface area contributed by atoms with Gasteiger partial charge in [0.2, 0.25) is 5.91 Å². The molecule has 0 bridgehead atoms. The van der Waals surface area contributed by atoms with Gasteiger partial charge >= 0.3 is 0 Å². The van der Waals surface area contributed by atoms with Crippen LogP contribution < -0.4 is 5.32 Å². The van der Waals surface area contributed by atoms with Gasteiger partial charge in [0.05, 0.1) is 0 Å². The number of hydrogen-bond acceptors (Lipinski definition) is 3. The van der Waals surface area contributed by atoms with Crippen molar-refractivity contribution in [1.29, 1.82) is 0 Å². The first kappa shape index (κ1) is 16.4. The van der Waals surface area contributed by atoms with Crippen LogP contribution >= 0.6 is 0 Å². The Labute approximate surface area is 121 Å². The molecule has 0 aromatic heterocycles. The highest BCUT2D eigenvalue weighted by Gasteiger charge is 2.08. The Morgan fingerprint density at radius 1 is 1.10 bits per heavy atom. The zero-order chi connectivity index (χ0) is 15.0. The van der Waals surface area contributed by atoms with E-state index >= 15 is 0 Å². The van der Waals surface area contributed by atoms with Crippen LogP contribution in [0.5, 0.6) is 0 Å². The topological polar surface area (TPSA) is 49.4 Å². The van der Waals surface area contributed by atoms with Crippen molar-refractivity contribution in [3.05, 3.63) is 35.4 Å². The Kier molecular flexibility index (Phi) is 6.94. The van der Waals surface area contributed by atoms with Gasteiger partial charge in [-0.15, -0.1) is 0 Å². The molecule has 0 saturated carbocycles. The van der Waals surface area contributed by atoms with Gasteiger partial charge in [0.1, 0.15) is 0 Å². The Balaban J connectivity index is 2.23. The van der Waals surface area contributed by atoms with E-state index in [2.05, 4.69) is 10.2 Å². The van der Waals surface area contributed by atoms with E-state index in [-0.39, 0.29) is 24.5 Å². The minimum atomic E-state index is -0.0517. The standard InChI is InChI=1S/C16H24N2O2/c1-13-5-7-14(8-6-13)15(19)9-10-16(20)17-11-4-12-18(2)3/h5-8H,4,9-12H2,1-3H3,(H,17,20). The monoisotopic (exact) mass is 276 g/mol. The number of rotatable bonds is 8. The summed E-state index contributed by atoms with van der Waals surface area (Å²) < 4.78 is 0. The summed E-state index contributed by atoms with van der Waals surface area (Å²) in [6, 6.07) is 7.45. The first-order valence-electron chi connectivity index (χ1n) is 7.00. The Hall–Kier alpha value is -1.68. The van der Waals surface area contributed by atoms with Gasteiger partial charge in [-0.1, -0.05) is 29.8 Å². The molecule has 4 nitrogen and oxygen atoms in total. The molecule has 1 rings (SSSR count). The fourth-order valence-electron chi connectivity index (χ4n) is 1.82. The number of hydrogen-bond donors (Lipinski definition) is 1. The predicted octanol–water partition coefficient (Wildman–Crippen LogP) is 2.03. The SMILES string of the molecule is Cc1ccc(C(=O)CCC(=O)NCCCN(C)C)cc1. The van der Waals surface area contributed by atoms with Gasteiger partial charge in [-0.3, -0.25) is 9.59 Å². The average Bonchev–Trinajstić information content (AvgIpc) is 2.41. The summed E-state index contributed by atoms with van der Waals surface area (Å²) in [4.78, 5) is 25.6. The van der Waals surface area contributed by atoms with Crippen LogP contribution in [0.1, 0.15) is 35.2 Å². The second-order valence-corrected chi connectivity index (χ2v) is 5.30. The number of benzene rings is 1. The third-order valence-electron chi connectivity index (χ3n) is 3.06. The number of carbonyl (C=O) groups excluding carboxylic acids is 2. The lowest BCUT2D eigenvalue weighted by Crippen LogP contribution is -2.27. The van der Waals surface area contributed by atoms with Gasteiger partial charge in [0, 0.05) is 24.9 Å². The quantitative estimate of drug-likeness (QED) is 0.584. The lowest BCUT2D eigenvalue weighted by Gasteiger charge is -2.09. The molecular weight excluding hydrogens is 252 g/mol. The summed E-state index contributed by atoms with van der Waals surface area (Å²) in [7, 11) is 4.00. The number of ketones is 1. The van der Waals surface area contributed by atoms with E-state index in [0.717, 1.165) is 18.5 Å². The van der Waals surface area contributed by atoms with Gasteiger partial charge in [0.15, 0.2) is 5.78 Å². The molecule has 1 aromatic carbocycles. The molecule has 110 valence electrons. The Morgan fingerprint density at radius 3 is 2.35 bits per heavy atom. The Bertz CT molecular complexity index is 438. The number of nitrogens with zero attached hydrogens (tertiary/aromatic N) is 1. The molecular formula is C16H24N2O2. The number of Topliss-reactive ketones (excluding diaryl/α,β-unsaturated/α-hetero) is 1. The molecule has 1 N–H and O–H groups in total. The lowest BCUT2D eigenvalue weighted by molar-refractivity contribution is -0.121. The molecule has 1 amide bonds. The highest BCUT2D eigenvalue weighted by atomic mass is 16.2. The van der Waals surface area contributed by atoms with Gasteiger partial charge < -0.3 is 10.2 Å². The Morgan fingerprint density at radius 2 is 1.75 bits per heavy atom. The molecule has 0 aliphatic rings. The second-order valence-electron chi connectivity index (χ2n) is 5.30. The first-order chi connectivity index (χ1) is 9.49. The number of aryl methyl sites for hydroxylation is 1. The van der Waals surface area contributed by atoms with Gasteiger partial charge in [-0.25, -0.2) is 0 Å². The molecule has 0 fully saturated rings. The minimum Gasteiger partial charge on any atom is -0.356 e. The fraction of sp³-hybridized carbons (Fsp3) is 0.500. The van der Waals surface area contributed by atoms with Crippen LogP contribution in [0, 0.1) is 6.92 Å². The van der Waals surface area contributed by atoms with Crippen LogP contribution in [0.4, 0.5) is 0 Å². The maximum atomic E-state index is 11.9. The predicted molar refractivity (Wildman–Crippen MR) is 80.9 cm³/mol. The van der Waals surface area contributed by atoms with E-state index in [1.54, 1.807) is 0 Å². The first-order valence-corrected chi connectivity index (χ1v) is 7.00. The van der Waals surface area contributed by atoms with Crippen LogP contribution in [0.25, 0.3) is 0 Å². The fourth-order valence-corrected chi connectivity index (χ4v) is 1.82. The van der Waals surface area contributed by atoms with Crippen LogP contribution in [-0.4, -0.2) is 43.8 Å².